The van der Waals surface area contributed by atoms with Crippen molar-refractivity contribution in [2.45, 2.75) is 31.7 Å². The zero-order chi connectivity index (χ0) is 18.8. The molecule has 0 unspecified atom stereocenters. The number of carbonyl (C=O) groups is 1. The van der Waals surface area contributed by atoms with Gasteiger partial charge in [0, 0.05) is 17.9 Å². The third kappa shape index (κ3) is 4.19. The summed E-state index contributed by atoms with van der Waals surface area (Å²) in [5, 5.41) is 4.38. The number of para-hydroxylation sites is 1. The third-order valence-corrected chi connectivity index (χ3v) is 5.14. The molecule has 1 aromatic heterocycles. The number of aryl methyl sites for hydroxylation is 1. The average molecular weight is 382 g/mol. The maximum Gasteiger partial charge on any atom is 0.258 e. The lowest BCUT2D eigenvalue weighted by Gasteiger charge is -2.19. The highest BCUT2D eigenvalue weighted by atomic mass is 35.5. The molecule has 0 bridgehead atoms. The number of hydrogen-bond donors (Lipinski definition) is 2. The van der Waals surface area contributed by atoms with Crippen molar-refractivity contribution in [3.05, 3.63) is 75.3 Å². The lowest BCUT2D eigenvalue weighted by molar-refractivity contribution is -0.122. The Morgan fingerprint density at radius 1 is 1.19 bits per heavy atom. The van der Waals surface area contributed by atoms with Gasteiger partial charge in [0.05, 0.1) is 16.9 Å². The van der Waals surface area contributed by atoms with Gasteiger partial charge in [-0.2, -0.15) is 0 Å². The number of nitrogens with one attached hydrogen (secondary N) is 2. The van der Waals surface area contributed by atoms with E-state index in [1.54, 1.807) is 18.2 Å². The molecule has 1 aliphatic carbocycles. The van der Waals surface area contributed by atoms with E-state index in [1.165, 1.54) is 0 Å². The molecule has 27 heavy (non-hydrogen) atoms. The Balaban J connectivity index is 1.43. The van der Waals surface area contributed by atoms with Crippen LogP contribution in [0, 0.1) is 5.92 Å². The summed E-state index contributed by atoms with van der Waals surface area (Å²) in [4.78, 5) is 31.8. The lowest BCUT2D eigenvalue weighted by Crippen LogP contribution is -2.30. The molecular weight excluding hydrogens is 362 g/mol. The van der Waals surface area contributed by atoms with Gasteiger partial charge in [0.2, 0.25) is 5.91 Å². The van der Waals surface area contributed by atoms with Crippen LogP contribution in [0.15, 0.2) is 53.3 Å². The van der Waals surface area contributed by atoms with E-state index in [1.807, 2.05) is 30.3 Å². The van der Waals surface area contributed by atoms with E-state index in [0.717, 1.165) is 18.4 Å². The van der Waals surface area contributed by atoms with Crippen molar-refractivity contribution < 1.29 is 4.79 Å². The molecule has 1 heterocycles. The molecule has 1 aliphatic rings. The maximum atomic E-state index is 12.5. The fourth-order valence-corrected chi connectivity index (χ4v) is 3.43. The van der Waals surface area contributed by atoms with Crippen LogP contribution in [0.5, 0.6) is 0 Å². The standard InChI is InChI=1S/C21H20ClN3O2/c22-15-9-7-14(8-10-15)20(13-5-6-13)25-19(26)12-11-18-23-17-4-2-1-3-16(17)21(27)24-18/h1-4,7-10,13,20H,5-6,11-12H2,(H,25,26)(H,23,24,27)/t20-/m1/s1. The van der Waals surface area contributed by atoms with Crippen LogP contribution in [-0.2, 0) is 11.2 Å². The first-order chi connectivity index (χ1) is 13.1. The number of rotatable bonds is 6. The number of halogens is 1. The molecule has 0 aliphatic heterocycles. The quantitative estimate of drug-likeness (QED) is 0.682. The second kappa shape index (κ2) is 7.53. The molecule has 1 saturated carbocycles. The Kier molecular flexibility index (Phi) is 4.94. The van der Waals surface area contributed by atoms with E-state index >= 15 is 0 Å². The van der Waals surface area contributed by atoms with E-state index in [0.29, 0.717) is 34.1 Å². The van der Waals surface area contributed by atoms with Gasteiger partial charge in [-0.25, -0.2) is 4.98 Å². The Morgan fingerprint density at radius 2 is 1.93 bits per heavy atom. The second-order valence-electron chi connectivity index (χ2n) is 6.96. The van der Waals surface area contributed by atoms with Crippen molar-refractivity contribution in [2.24, 2.45) is 5.92 Å². The van der Waals surface area contributed by atoms with Gasteiger partial charge in [-0.05, 0) is 48.6 Å². The van der Waals surface area contributed by atoms with Gasteiger partial charge < -0.3 is 10.3 Å². The minimum Gasteiger partial charge on any atom is -0.349 e. The summed E-state index contributed by atoms with van der Waals surface area (Å²) in [5.41, 5.74) is 1.55. The van der Waals surface area contributed by atoms with Gasteiger partial charge in [0.25, 0.3) is 5.56 Å². The first kappa shape index (κ1) is 17.7. The monoisotopic (exact) mass is 381 g/mol. The minimum atomic E-state index is -0.173. The third-order valence-electron chi connectivity index (χ3n) is 4.89. The van der Waals surface area contributed by atoms with E-state index in [-0.39, 0.29) is 23.9 Å². The summed E-state index contributed by atoms with van der Waals surface area (Å²) in [6, 6.07) is 14.8. The predicted molar refractivity (Wildman–Crippen MR) is 106 cm³/mol. The Labute approximate surface area is 161 Å². The molecule has 0 saturated heterocycles. The Hall–Kier alpha value is -2.66. The SMILES string of the molecule is O=C(CCc1nc2ccccc2c(=O)[nH]1)N[C@@H](c1ccc(Cl)cc1)C1CC1. The first-order valence-corrected chi connectivity index (χ1v) is 9.51. The molecule has 2 N–H and O–H groups in total. The Bertz CT molecular complexity index is 1030. The molecule has 138 valence electrons. The smallest absolute Gasteiger partial charge is 0.258 e. The van der Waals surface area contributed by atoms with Crippen molar-refractivity contribution in [3.63, 3.8) is 0 Å². The number of fused-ring (bicyclic) bond motifs is 1. The molecule has 1 fully saturated rings. The van der Waals surface area contributed by atoms with Crippen molar-refractivity contribution in [1.29, 1.82) is 0 Å². The van der Waals surface area contributed by atoms with E-state index < -0.39 is 0 Å². The van der Waals surface area contributed by atoms with E-state index in [4.69, 9.17) is 11.6 Å². The van der Waals surface area contributed by atoms with Gasteiger partial charge >= 0.3 is 0 Å². The number of aromatic nitrogens is 2. The first-order valence-electron chi connectivity index (χ1n) is 9.13. The molecule has 0 radical (unpaired) electrons. The summed E-state index contributed by atoms with van der Waals surface area (Å²) in [6.45, 7) is 0. The van der Waals surface area contributed by atoms with Crippen molar-refractivity contribution in [3.8, 4) is 0 Å². The van der Waals surface area contributed by atoms with Crippen molar-refractivity contribution in [2.75, 3.05) is 0 Å². The highest BCUT2D eigenvalue weighted by Gasteiger charge is 2.33. The summed E-state index contributed by atoms with van der Waals surface area (Å²) in [6.07, 6.45) is 2.91. The highest BCUT2D eigenvalue weighted by molar-refractivity contribution is 6.30. The summed E-state index contributed by atoms with van der Waals surface area (Å²) in [5.74, 6) is 0.967. The number of nitrogens with zero attached hydrogens (tertiary/aromatic N) is 1. The van der Waals surface area contributed by atoms with Crippen LogP contribution in [0.1, 0.15) is 36.7 Å². The van der Waals surface area contributed by atoms with Crippen molar-refractivity contribution in [1.82, 2.24) is 15.3 Å². The topological polar surface area (TPSA) is 74.8 Å². The number of H-pyrrole nitrogens is 1. The van der Waals surface area contributed by atoms with Crippen LogP contribution >= 0.6 is 11.6 Å². The molecule has 6 heteroatoms. The van der Waals surface area contributed by atoms with Gasteiger partial charge in [0.15, 0.2) is 0 Å². The molecule has 0 spiro atoms. The molecular formula is C21H20ClN3O2. The molecule has 1 amide bonds. The largest absolute Gasteiger partial charge is 0.349 e. The lowest BCUT2D eigenvalue weighted by atomic mass is 10.0. The van der Waals surface area contributed by atoms with Gasteiger partial charge in [-0.1, -0.05) is 35.9 Å². The highest BCUT2D eigenvalue weighted by Crippen LogP contribution is 2.41. The van der Waals surface area contributed by atoms with Gasteiger partial charge in [-0.3, -0.25) is 9.59 Å². The molecule has 2 aromatic carbocycles. The number of benzene rings is 2. The molecule has 1 atom stereocenters. The molecule has 3 aromatic rings. The van der Waals surface area contributed by atoms with Crippen LogP contribution < -0.4 is 10.9 Å². The minimum absolute atomic E-state index is 0.0124. The number of hydrogen-bond acceptors (Lipinski definition) is 3. The van der Waals surface area contributed by atoms with E-state index in [2.05, 4.69) is 15.3 Å². The maximum absolute atomic E-state index is 12.5. The number of carbonyl (C=O) groups excluding carboxylic acids is 1. The molecule has 5 nitrogen and oxygen atoms in total. The number of aromatic amines is 1. The molecule has 4 rings (SSSR count). The summed E-state index contributed by atoms with van der Waals surface area (Å²) in [7, 11) is 0. The second-order valence-corrected chi connectivity index (χ2v) is 7.40. The zero-order valence-electron chi connectivity index (χ0n) is 14.7. The normalized spacial score (nSPS) is 14.9. The fourth-order valence-electron chi connectivity index (χ4n) is 3.30. The van der Waals surface area contributed by atoms with E-state index in [9.17, 15) is 9.59 Å². The van der Waals surface area contributed by atoms with Gasteiger partial charge in [-0.15, -0.1) is 0 Å². The summed E-state index contributed by atoms with van der Waals surface area (Å²) < 4.78 is 0. The van der Waals surface area contributed by atoms with Gasteiger partial charge in [0.1, 0.15) is 5.82 Å². The van der Waals surface area contributed by atoms with Crippen LogP contribution in [-0.4, -0.2) is 15.9 Å². The zero-order valence-corrected chi connectivity index (χ0v) is 15.5. The summed E-state index contributed by atoms with van der Waals surface area (Å²) >= 11 is 5.97. The average Bonchev–Trinajstić information content (AvgIpc) is 3.50. The van der Waals surface area contributed by atoms with Crippen LogP contribution in [0.25, 0.3) is 10.9 Å². The predicted octanol–water partition coefficient (Wildman–Crippen LogP) is 3.78. The van der Waals surface area contributed by atoms with Crippen LogP contribution in [0.2, 0.25) is 5.02 Å². The number of amides is 1. The Morgan fingerprint density at radius 3 is 2.67 bits per heavy atom. The fraction of sp³-hybridized carbons (Fsp3) is 0.286. The van der Waals surface area contributed by atoms with Crippen molar-refractivity contribution >= 4 is 28.4 Å². The van der Waals surface area contributed by atoms with Crippen LogP contribution in [0.3, 0.4) is 0 Å². The van der Waals surface area contributed by atoms with Crippen LogP contribution in [0.4, 0.5) is 0 Å².